The Bertz CT molecular complexity index is 879. The maximum absolute atomic E-state index is 12.4. The summed E-state index contributed by atoms with van der Waals surface area (Å²) in [5.74, 6) is -1.87. The van der Waals surface area contributed by atoms with Gasteiger partial charge < -0.3 is 15.4 Å². The molecule has 0 aliphatic carbocycles. The fourth-order valence-corrected chi connectivity index (χ4v) is 2.52. The lowest BCUT2D eigenvalue weighted by molar-refractivity contribution is -0.167. The van der Waals surface area contributed by atoms with Crippen molar-refractivity contribution < 1.29 is 27.5 Å². The number of hydrogen-bond acceptors (Lipinski definition) is 3. The molecule has 2 aromatic rings. The summed E-state index contributed by atoms with van der Waals surface area (Å²) in [4.78, 5) is 23.2. The van der Waals surface area contributed by atoms with Gasteiger partial charge in [0.2, 0.25) is 0 Å². The van der Waals surface area contributed by atoms with Crippen molar-refractivity contribution in [2.24, 2.45) is 0 Å². The fraction of sp³-hybridized carbons (Fsp3) is 0.300. The molecule has 0 aromatic heterocycles. The molecule has 0 aliphatic heterocycles. The Morgan fingerprint density at radius 2 is 1.64 bits per heavy atom. The van der Waals surface area contributed by atoms with Crippen molar-refractivity contribution in [1.82, 2.24) is 5.32 Å². The molecule has 0 radical (unpaired) electrons. The van der Waals surface area contributed by atoms with Crippen LogP contribution in [0.25, 0.3) is 0 Å². The SMILES string of the molecule is Cc1ccc(C)c(OCC(=O)NCc2ccccc2NC(=O)C(F)(F)F)c1C. The Labute approximate surface area is 160 Å². The quantitative estimate of drug-likeness (QED) is 0.783. The Kier molecular flexibility index (Phi) is 6.66. The molecule has 2 amide bonds. The van der Waals surface area contributed by atoms with Gasteiger partial charge in [0.05, 0.1) is 0 Å². The van der Waals surface area contributed by atoms with Crippen molar-refractivity contribution in [3.05, 3.63) is 58.7 Å². The summed E-state index contributed by atoms with van der Waals surface area (Å²) < 4.78 is 42.9. The maximum atomic E-state index is 12.4. The third-order valence-corrected chi connectivity index (χ3v) is 4.22. The molecular formula is C20H21F3N2O3. The standard InChI is InChI=1S/C20H21F3N2O3/c1-12-8-9-13(2)18(14(12)3)28-11-17(26)24-10-15-6-4-5-7-16(15)25-19(27)20(21,22)23/h4-9H,10-11H2,1-3H3,(H,24,26)(H,25,27). The number of amides is 2. The lowest BCUT2D eigenvalue weighted by Gasteiger charge is -2.15. The van der Waals surface area contributed by atoms with Gasteiger partial charge in [0.1, 0.15) is 5.75 Å². The highest BCUT2D eigenvalue weighted by atomic mass is 19.4. The number of hydrogen-bond donors (Lipinski definition) is 2. The van der Waals surface area contributed by atoms with E-state index in [1.54, 1.807) is 11.4 Å². The van der Waals surface area contributed by atoms with Gasteiger partial charge in [0, 0.05) is 12.2 Å². The number of alkyl halides is 3. The molecule has 2 N–H and O–H groups in total. The second-order valence-corrected chi connectivity index (χ2v) is 6.33. The number of carbonyl (C=O) groups is 2. The first-order valence-electron chi connectivity index (χ1n) is 8.52. The van der Waals surface area contributed by atoms with Crippen molar-refractivity contribution in [2.45, 2.75) is 33.5 Å². The van der Waals surface area contributed by atoms with Gasteiger partial charge in [-0.25, -0.2) is 0 Å². The van der Waals surface area contributed by atoms with Gasteiger partial charge in [-0.05, 0) is 49.1 Å². The van der Waals surface area contributed by atoms with E-state index in [2.05, 4.69) is 5.32 Å². The minimum absolute atomic E-state index is 0.0172. The molecule has 0 atom stereocenters. The Hall–Kier alpha value is -3.03. The van der Waals surface area contributed by atoms with Gasteiger partial charge in [0.15, 0.2) is 6.61 Å². The summed E-state index contributed by atoms with van der Waals surface area (Å²) in [7, 11) is 0. The van der Waals surface area contributed by atoms with E-state index in [-0.39, 0.29) is 18.8 Å². The first-order chi connectivity index (χ1) is 13.1. The van der Waals surface area contributed by atoms with E-state index in [1.807, 2.05) is 32.9 Å². The van der Waals surface area contributed by atoms with E-state index in [0.717, 1.165) is 16.7 Å². The molecule has 150 valence electrons. The molecule has 2 aromatic carbocycles. The number of carbonyl (C=O) groups excluding carboxylic acids is 2. The van der Waals surface area contributed by atoms with E-state index < -0.39 is 18.0 Å². The molecule has 0 aliphatic rings. The second kappa shape index (κ2) is 8.77. The van der Waals surface area contributed by atoms with Crippen LogP contribution in [0.3, 0.4) is 0 Å². The van der Waals surface area contributed by atoms with Crippen LogP contribution in [0.15, 0.2) is 36.4 Å². The number of benzene rings is 2. The van der Waals surface area contributed by atoms with Crippen LogP contribution in [0.1, 0.15) is 22.3 Å². The van der Waals surface area contributed by atoms with Crippen LogP contribution in [0, 0.1) is 20.8 Å². The smallest absolute Gasteiger partial charge is 0.471 e. The van der Waals surface area contributed by atoms with Crippen LogP contribution in [-0.4, -0.2) is 24.6 Å². The van der Waals surface area contributed by atoms with Crippen LogP contribution in [0.5, 0.6) is 5.75 Å². The normalized spacial score (nSPS) is 11.1. The summed E-state index contributed by atoms with van der Waals surface area (Å²) >= 11 is 0. The average molecular weight is 394 g/mol. The largest absolute Gasteiger partial charge is 0.483 e. The van der Waals surface area contributed by atoms with Gasteiger partial charge in [-0.2, -0.15) is 13.2 Å². The predicted molar refractivity (Wildman–Crippen MR) is 99.1 cm³/mol. The van der Waals surface area contributed by atoms with Gasteiger partial charge >= 0.3 is 12.1 Å². The summed E-state index contributed by atoms with van der Waals surface area (Å²) in [6.45, 7) is 5.42. The Morgan fingerprint density at radius 3 is 2.32 bits per heavy atom. The van der Waals surface area contributed by atoms with Gasteiger partial charge in [-0.15, -0.1) is 0 Å². The molecule has 0 heterocycles. The lowest BCUT2D eigenvalue weighted by atomic mass is 10.1. The third kappa shape index (κ3) is 5.48. The van der Waals surface area contributed by atoms with Gasteiger partial charge in [0.25, 0.3) is 5.91 Å². The molecular weight excluding hydrogens is 373 g/mol. The Balaban J connectivity index is 1.97. The predicted octanol–water partition coefficient (Wildman–Crippen LogP) is 3.81. The highest BCUT2D eigenvalue weighted by molar-refractivity contribution is 5.95. The maximum Gasteiger partial charge on any atom is 0.471 e. The number of anilines is 1. The second-order valence-electron chi connectivity index (χ2n) is 6.33. The fourth-order valence-electron chi connectivity index (χ4n) is 2.52. The minimum atomic E-state index is -4.99. The molecule has 5 nitrogen and oxygen atoms in total. The van der Waals surface area contributed by atoms with Crippen LogP contribution in [0.4, 0.5) is 18.9 Å². The molecule has 0 saturated carbocycles. The van der Waals surface area contributed by atoms with E-state index in [0.29, 0.717) is 11.3 Å². The molecule has 0 spiro atoms. The minimum Gasteiger partial charge on any atom is -0.483 e. The number of para-hydroxylation sites is 1. The molecule has 0 saturated heterocycles. The first-order valence-corrected chi connectivity index (χ1v) is 8.52. The number of rotatable bonds is 6. The summed E-state index contributed by atoms with van der Waals surface area (Å²) in [6.07, 6.45) is -4.99. The molecule has 8 heteroatoms. The van der Waals surface area contributed by atoms with E-state index in [1.165, 1.54) is 18.2 Å². The van der Waals surface area contributed by atoms with Gasteiger partial charge in [-0.1, -0.05) is 30.3 Å². The number of halogens is 3. The molecule has 0 fully saturated rings. The number of ether oxygens (including phenoxy) is 1. The summed E-state index contributed by atoms with van der Waals surface area (Å²) in [6, 6.07) is 9.80. The van der Waals surface area contributed by atoms with Crippen LogP contribution < -0.4 is 15.4 Å². The highest BCUT2D eigenvalue weighted by Crippen LogP contribution is 2.25. The highest BCUT2D eigenvalue weighted by Gasteiger charge is 2.38. The van der Waals surface area contributed by atoms with Crippen molar-refractivity contribution in [3.63, 3.8) is 0 Å². The monoisotopic (exact) mass is 394 g/mol. The van der Waals surface area contributed by atoms with Crippen molar-refractivity contribution in [2.75, 3.05) is 11.9 Å². The third-order valence-electron chi connectivity index (χ3n) is 4.22. The van der Waals surface area contributed by atoms with Gasteiger partial charge in [-0.3, -0.25) is 9.59 Å². The number of nitrogens with one attached hydrogen (secondary N) is 2. The zero-order chi connectivity index (χ0) is 20.9. The number of aryl methyl sites for hydroxylation is 2. The zero-order valence-corrected chi connectivity index (χ0v) is 15.7. The van der Waals surface area contributed by atoms with E-state index in [4.69, 9.17) is 4.74 Å². The average Bonchev–Trinajstić information content (AvgIpc) is 2.63. The van der Waals surface area contributed by atoms with E-state index in [9.17, 15) is 22.8 Å². The van der Waals surface area contributed by atoms with Crippen LogP contribution in [-0.2, 0) is 16.1 Å². The van der Waals surface area contributed by atoms with Crippen LogP contribution >= 0.6 is 0 Å². The zero-order valence-electron chi connectivity index (χ0n) is 15.7. The Morgan fingerprint density at radius 1 is 1.00 bits per heavy atom. The van der Waals surface area contributed by atoms with Crippen molar-refractivity contribution >= 4 is 17.5 Å². The van der Waals surface area contributed by atoms with Crippen molar-refractivity contribution in [3.8, 4) is 5.75 Å². The van der Waals surface area contributed by atoms with Crippen LogP contribution in [0.2, 0.25) is 0 Å². The lowest BCUT2D eigenvalue weighted by Crippen LogP contribution is -2.31. The molecule has 28 heavy (non-hydrogen) atoms. The van der Waals surface area contributed by atoms with E-state index >= 15 is 0 Å². The molecule has 0 unspecified atom stereocenters. The topological polar surface area (TPSA) is 67.4 Å². The van der Waals surface area contributed by atoms with Crippen molar-refractivity contribution in [1.29, 1.82) is 0 Å². The molecule has 2 rings (SSSR count). The summed E-state index contributed by atoms with van der Waals surface area (Å²) in [5.41, 5.74) is 3.20. The molecule has 0 bridgehead atoms. The first kappa shape index (κ1) is 21.3. The summed E-state index contributed by atoms with van der Waals surface area (Å²) in [5, 5.41) is 4.39.